The highest BCUT2D eigenvalue weighted by atomic mass is 16.2. The highest BCUT2D eigenvalue weighted by Gasteiger charge is 2.19. The Kier molecular flexibility index (Phi) is 5.65. The minimum Gasteiger partial charge on any atom is -0.355 e. The van der Waals surface area contributed by atoms with Crippen molar-refractivity contribution in [2.75, 3.05) is 33.7 Å². The van der Waals surface area contributed by atoms with Crippen LogP contribution in [0.2, 0.25) is 0 Å². The summed E-state index contributed by atoms with van der Waals surface area (Å²) in [7, 11) is 4.09. The number of piperidine rings is 1. The molecule has 0 bridgehead atoms. The zero-order chi connectivity index (χ0) is 11.1. The number of carbonyl (C=O) groups excluding carboxylic acids is 1. The molecule has 0 aromatic heterocycles. The van der Waals surface area contributed by atoms with Gasteiger partial charge in [0.1, 0.15) is 0 Å². The number of carbonyl (C=O) groups is 1. The summed E-state index contributed by atoms with van der Waals surface area (Å²) in [5, 5.41) is 6.23. The number of nitrogens with one attached hydrogen (secondary N) is 2. The van der Waals surface area contributed by atoms with E-state index < -0.39 is 0 Å². The van der Waals surface area contributed by atoms with Gasteiger partial charge in [-0.2, -0.15) is 0 Å². The van der Waals surface area contributed by atoms with E-state index in [2.05, 4.69) is 15.5 Å². The predicted molar refractivity (Wildman–Crippen MR) is 61.8 cm³/mol. The van der Waals surface area contributed by atoms with Crippen LogP contribution >= 0.6 is 0 Å². The largest absolute Gasteiger partial charge is 0.355 e. The SMILES string of the molecule is CN(C)CCCNC(=O)[C@H]1CCCCN1. The smallest absolute Gasteiger partial charge is 0.237 e. The van der Waals surface area contributed by atoms with Gasteiger partial charge in [-0.25, -0.2) is 0 Å². The summed E-state index contributed by atoms with van der Waals surface area (Å²) in [6.45, 7) is 2.79. The van der Waals surface area contributed by atoms with Crippen LogP contribution in [-0.2, 0) is 4.79 Å². The van der Waals surface area contributed by atoms with Gasteiger partial charge in [0.25, 0.3) is 0 Å². The molecule has 1 heterocycles. The van der Waals surface area contributed by atoms with Crippen LogP contribution in [-0.4, -0.2) is 50.6 Å². The first-order valence-corrected chi connectivity index (χ1v) is 5.86. The van der Waals surface area contributed by atoms with Crippen LogP contribution in [0.1, 0.15) is 25.7 Å². The lowest BCUT2D eigenvalue weighted by Crippen LogP contribution is -2.47. The molecule has 88 valence electrons. The van der Waals surface area contributed by atoms with Gasteiger partial charge in [-0.1, -0.05) is 6.42 Å². The third-order valence-corrected chi connectivity index (χ3v) is 2.71. The van der Waals surface area contributed by atoms with E-state index in [1.807, 2.05) is 14.1 Å². The first kappa shape index (κ1) is 12.5. The van der Waals surface area contributed by atoms with Crippen LogP contribution in [0.4, 0.5) is 0 Å². The van der Waals surface area contributed by atoms with E-state index >= 15 is 0 Å². The summed E-state index contributed by atoms with van der Waals surface area (Å²) >= 11 is 0. The van der Waals surface area contributed by atoms with E-state index in [4.69, 9.17) is 0 Å². The predicted octanol–water partition coefficient (Wildman–Crippen LogP) is 0.196. The number of hydrogen-bond donors (Lipinski definition) is 2. The molecule has 0 aromatic rings. The van der Waals surface area contributed by atoms with Crippen molar-refractivity contribution in [1.82, 2.24) is 15.5 Å². The lowest BCUT2D eigenvalue weighted by molar-refractivity contribution is -0.123. The first-order chi connectivity index (χ1) is 7.20. The summed E-state index contributed by atoms with van der Waals surface area (Å²) in [4.78, 5) is 13.8. The Morgan fingerprint density at radius 1 is 1.47 bits per heavy atom. The van der Waals surface area contributed by atoms with Gasteiger partial charge in [0.15, 0.2) is 0 Å². The van der Waals surface area contributed by atoms with Gasteiger partial charge in [0, 0.05) is 6.54 Å². The molecule has 1 amide bonds. The molecule has 0 radical (unpaired) electrons. The van der Waals surface area contributed by atoms with Crippen molar-refractivity contribution in [1.29, 1.82) is 0 Å². The van der Waals surface area contributed by atoms with Gasteiger partial charge < -0.3 is 15.5 Å². The van der Waals surface area contributed by atoms with Crippen molar-refractivity contribution in [3.63, 3.8) is 0 Å². The third kappa shape index (κ3) is 5.14. The van der Waals surface area contributed by atoms with Crippen molar-refractivity contribution in [2.45, 2.75) is 31.7 Å². The number of hydrogen-bond acceptors (Lipinski definition) is 3. The molecule has 1 aliphatic heterocycles. The maximum Gasteiger partial charge on any atom is 0.237 e. The molecule has 0 unspecified atom stereocenters. The summed E-state index contributed by atoms with van der Waals surface area (Å²) in [6, 6.07) is 0.0538. The van der Waals surface area contributed by atoms with E-state index in [-0.39, 0.29) is 11.9 Å². The molecule has 15 heavy (non-hydrogen) atoms. The Labute approximate surface area is 92.4 Å². The Bertz CT molecular complexity index is 188. The van der Waals surface area contributed by atoms with Crippen molar-refractivity contribution >= 4 is 5.91 Å². The summed E-state index contributed by atoms with van der Waals surface area (Å²) in [5.74, 6) is 0.174. The van der Waals surface area contributed by atoms with E-state index in [1.165, 1.54) is 12.8 Å². The Balaban J connectivity index is 2.07. The van der Waals surface area contributed by atoms with Crippen LogP contribution in [0.3, 0.4) is 0 Å². The Morgan fingerprint density at radius 3 is 2.87 bits per heavy atom. The van der Waals surface area contributed by atoms with Crippen molar-refractivity contribution in [3.8, 4) is 0 Å². The lowest BCUT2D eigenvalue weighted by atomic mass is 10.0. The summed E-state index contributed by atoms with van der Waals surface area (Å²) in [6.07, 6.45) is 4.37. The second kappa shape index (κ2) is 6.80. The number of nitrogens with zero attached hydrogens (tertiary/aromatic N) is 1. The zero-order valence-electron chi connectivity index (χ0n) is 9.88. The molecule has 2 N–H and O–H groups in total. The normalized spacial score (nSPS) is 21.7. The molecule has 1 fully saturated rings. The molecule has 0 aromatic carbocycles. The molecule has 1 atom stereocenters. The second-order valence-corrected chi connectivity index (χ2v) is 4.45. The highest BCUT2D eigenvalue weighted by molar-refractivity contribution is 5.81. The fourth-order valence-corrected chi connectivity index (χ4v) is 1.81. The first-order valence-electron chi connectivity index (χ1n) is 5.86. The van der Waals surface area contributed by atoms with Crippen LogP contribution in [0.25, 0.3) is 0 Å². The van der Waals surface area contributed by atoms with E-state index in [1.54, 1.807) is 0 Å². The highest BCUT2D eigenvalue weighted by Crippen LogP contribution is 2.06. The van der Waals surface area contributed by atoms with Gasteiger partial charge in [-0.3, -0.25) is 4.79 Å². The zero-order valence-corrected chi connectivity index (χ0v) is 9.88. The standard InChI is InChI=1S/C11H23N3O/c1-14(2)9-5-8-13-11(15)10-6-3-4-7-12-10/h10,12H,3-9H2,1-2H3,(H,13,15)/t10-/m1/s1. The van der Waals surface area contributed by atoms with Gasteiger partial charge in [-0.05, 0) is 46.4 Å². The van der Waals surface area contributed by atoms with Crippen molar-refractivity contribution in [2.24, 2.45) is 0 Å². The molecule has 0 saturated carbocycles. The molecular weight excluding hydrogens is 190 g/mol. The monoisotopic (exact) mass is 213 g/mol. The van der Waals surface area contributed by atoms with Gasteiger partial charge in [0.2, 0.25) is 5.91 Å². The molecule has 1 saturated heterocycles. The average molecular weight is 213 g/mol. The van der Waals surface area contributed by atoms with Crippen LogP contribution < -0.4 is 10.6 Å². The Morgan fingerprint density at radius 2 is 2.27 bits per heavy atom. The van der Waals surface area contributed by atoms with Gasteiger partial charge >= 0.3 is 0 Å². The minimum absolute atomic E-state index is 0.0538. The second-order valence-electron chi connectivity index (χ2n) is 4.45. The summed E-state index contributed by atoms with van der Waals surface area (Å²) < 4.78 is 0. The molecular formula is C11H23N3O. The van der Waals surface area contributed by atoms with Crippen molar-refractivity contribution in [3.05, 3.63) is 0 Å². The average Bonchev–Trinajstić information content (AvgIpc) is 2.25. The van der Waals surface area contributed by atoms with Crippen LogP contribution in [0, 0.1) is 0 Å². The summed E-state index contributed by atoms with van der Waals surface area (Å²) in [5.41, 5.74) is 0. The topological polar surface area (TPSA) is 44.4 Å². The van der Waals surface area contributed by atoms with E-state index in [0.717, 1.165) is 32.5 Å². The van der Waals surface area contributed by atoms with E-state index in [0.29, 0.717) is 0 Å². The van der Waals surface area contributed by atoms with Crippen LogP contribution in [0.5, 0.6) is 0 Å². The van der Waals surface area contributed by atoms with E-state index in [9.17, 15) is 4.79 Å². The molecule has 1 rings (SSSR count). The molecule has 0 spiro atoms. The minimum atomic E-state index is 0.0538. The fraction of sp³-hybridized carbons (Fsp3) is 0.909. The lowest BCUT2D eigenvalue weighted by Gasteiger charge is -2.22. The molecule has 1 aliphatic rings. The number of rotatable bonds is 5. The third-order valence-electron chi connectivity index (χ3n) is 2.71. The van der Waals surface area contributed by atoms with Crippen LogP contribution in [0.15, 0.2) is 0 Å². The molecule has 4 nitrogen and oxygen atoms in total. The van der Waals surface area contributed by atoms with Crippen molar-refractivity contribution < 1.29 is 4.79 Å². The quantitative estimate of drug-likeness (QED) is 0.641. The molecule has 4 heteroatoms. The van der Waals surface area contributed by atoms with Gasteiger partial charge in [-0.15, -0.1) is 0 Å². The van der Waals surface area contributed by atoms with Gasteiger partial charge in [0.05, 0.1) is 6.04 Å². The fourth-order valence-electron chi connectivity index (χ4n) is 1.81. The maximum absolute atomic E-state index is 11.7. The molecule has 0 aliphatic carbocycles. The Hall–Kier alpha value is -0.610. The maximum atomic E-state index is 11.7. The number of amides is 1.